The minimum absolute atomic E-state index is 0.762. The number of hydrogen-bond acceptors (Lipinski definition) is 5. The Morgan fingerprint density at radius 1 is 0.647 bits per heavy atom. The van der Waals surface area contributed by atoms with Crippen LogP contribution in [-0.4, -0.2) is 24.3 Å². The second-order valence-electron chi connectivity index (χ2n) is 7.61. The van der Waals surface area contributed by atoms with Crippen molar-refractivity contribution in [2.75, 3.05) is 19.1 Å². The predicted octanol–water partition coefficient (Wildman–Crippen LogP) is 6.25. The summed E-state index contributed by atoms with van der Waals surface area (Å²) in [7, 11) is 3.33. The zero-order valence-corrected chi connectivity index (χ0v) is 18.9. The Bertz CT molecular complexity index is 1300. The van der Waals surface area contributed by atoms with Crippen molar-refractivity contribution in [1.82, 2.24) is 15.2 Å². The number of nitrogens with zero attached hydrogens (tertiary/aromatic N) is 4. The summed E-state index contributed by atoms with van der Waals surface area (Å²) < 4.78 is 10.7. The van der Waals surface area contributed by atoms with E-state index in [0.717, 1.165) is 51.2 Å². The Morgan fingerprint density at radius 2 is 1.21 bits per heavy atom. The van der Waals surface area contributed by atoms with Crippen molar-refractivity contribution >= 4 is 17.1 Å². The molecule has 0 amide bonds. The molecule has 0 saturated heterocycles. The first-order chi connectivity index (χ1) is 16.7. The van der Waals surface area contributed by atoms with E-state index in [-0.39, 0.29) is 0 Å². The van der Waals surface area contributed by atoms with Gasteiger partial charge in [-0.3, -0.25) is 4.98 Å². The van der Waals surface area contributed by atoms with Gasteiger partial charge in [-0.1, -0.05) is 18.2 Å². The van der Waals surface area contributed by atoms with Crippen LogP contribution in [0, 0.1) is 0 Å². The summed E-state index contributed by atoms with van der Waals surface area (Å²) in [6.45, 7) is 0. The lowest BCUT2D eigenvalue weighted by atomic mass is 10.1. The minimum atomic E-state index is 0.762. The van der Waals surface area contributed by atoms with Crippen LogP contribution in [-0.2, 0) is 0 Å². The van der Waals surface area contributed by atoms with Gasteiger partial charge in [0.05, 0.1) is 25.6 Å². The highest BCUT2D eigenvalue weighted by Gasteiger charge is 2.13. The molecule has 2 heterocycles. The highest BCUT2D eigenvalue weighted by molar-refractivity contribution is 5.78. The summed E-state index contributed by atoms with van der Waals surface area (Å²) in [5.41, 5.74) is 6.42. The molecule has 34 heavy (non-hydrogen) atoms. The van der Waals surface area contributed by atoms with Crippen molar-refractivity contribution < 1.29 is 9.47 Å². The van der Waals surface area contributed by atoms with E-state index in [0.29, 0.717) is 0 Å². The second kappa shape index (κ2) is 9.50. The van der Waals surface area contributed by atoms with Crippen molar-refractivity contribution in [2.45, 2.75) is 0 Å². The van der Waals surface area contributed by atoms with Crippen LogP contribution in [0.2, 0.25) is 0 Å². The maximum Gasteiger partial charge on any atom is 0.119 e. The van der Waals surface area contributed by atoms with Crippen LogP contribution in [0.4, 0.5) is 17.1 Å². The van der Waals surface area contributed by atoms with E-state index in [1.54, 1.807) is 20.4 Å². The van der Waals surface area contributed by atoms with Crippen molar-refractivity contribution in [3.05, 3.63) is 103 Å². The maximum absolute atomic E-state index is 5.34. The van der Waals surface area contributed by atoms with E-state index in [9.17, 15) is 0 Å². The third-order valence-electron chi connectivity index (χ3n) is 5.55. The predicted molar refractivity (Wildman–Crippen MR) is 134 cm³/mol. The Labute approximate surface area is 198 Å². The molecule has 0 fully saturated rings. The zero-order chi connectivity index (χ0) is 23.3. The molecule has 0 unspecified atom stereocenters. The lowest BCUT2D eigenvalue weighted by molar-refractivity contribution is 0.415. The first-order valence-electron chi connectivity index (χ1n) is 10.9. The molecule has 168 valence electrons. The molecule has 5 aromatic rings. The maximum atomic E-state index is 5.34. The summed E-state index contributed by atoms with van der Waals surface area (Å²) in [6, 6.07) is 32.0. The Kier molecular flexibility index (Phi) is 5.95. The van der Waals surface area contributed by atoms with Gasteiger partial charge < -0.3 is 24.6 Å². The standard InChI is InChI=1S/C28H23N4O2/c1-33-24-14-10-22(11-15-24)32(23-12-16-25(34-2)17-13-23)21-8-6-20(7-9-21)27-19-28(31-30-27)26-5-3-4-18-29-26/h3-19H,1-2H3/q-1. The van der Waals surface area contributed by atoms with Gasteiger partial charge in [0.1, 0.15) is 11.5 Å². The first-order valence-corrected chi connectivity index (χ1v) is 10.9. The highest BCUT2D eigenvalue weighted by Crippen LogP contribution is 2.37. The van der Waals surface area contributed by atoms with E-state index in [2.05, 4.69) is 44.3 Å². The summed E-state index contributed by atoms with van der Waals surface area (Å²) in [5, 5.41) is 8.66. The van der Waals surface area contributed by atoms with E-state index >= 15 is 0 Å². The summed E-state index contributed by atoms with van der Waals surface area (Å²) in [5.74, 6) is 1.62. The number of rotatable bonds is 7. The molecule has 0 aliphatic heterocycles. The summed E-state index contributed by atoms with van der Waals surface area (Å²) in [4.78, 5) is 6.54. The topological polar surface area (TPSA) is 61.6 Å². The molecular formula is C28H23N4O2-. The Hall–Kier alpha value is -4.58. The number of pyridine rings is 1. The van der Waals surface area contributed by atoms with Crippen molar-refractivity contribution in [3.63, 3.8) is 0 Å². The van der Waals surface area contributed by atoms with Crippen LogP contribution in [0.15, 0.2) is 103 Å². The van der Waals surface area contributed by atoms with Gasteiger partial charge in [0.2, 0.25) is 0 Å². The zero-order valence-electron chi connectivity index (χ0n) is 18.9. The molecule has 0 spiro atoms. The first kappa shape index (κ1) is 21.3. The molecule has 0 radical (unpaired) electrons. The number of benzene rings is 3. The summed E-state index contributed by atoms with van der Waals surface area (Å²) in [6.07, 6.45) is 1.76. The molecule has 0 atom stereocenters. The van der Waals surface area contributed by atoms with Crippen molar-refractivity contribution in [1.29, 1.82) is 0 Å². The van der Waals surface area contributed by atoms with Crippen molar-refractivity contribution in [3.8, 4) is 34.1 Å². The van der Waals surface area contributed by atoms with Gasteiger partial charge in [-0.05, 0) is 84.4 Å². The van der Waals surface area contributed by atoms with Crippen LogP contribution in [0.3, 0.4) is 0 Å². The van der Waals surface area contributed by atoms with E-state index in [1.807, 2.05) is 72.8 Å². The molecule has 0 N–H and O–H groups in total. The van der Waals surface area contributed by atoms with Gasteiger partial charge in [0.25, 0.3) is 0 Å². The molecular weight excluding hydrogens is 424 g/mol. The number of anilines is 3. The van der Waals surface area contributed by atoms with Crippen LogP contribution in [0.1, 0.15) is 0 Å². The SMILES string of the molecule is COc1ccc(N(c2ccc(OC)cc2)c2ccc(-c3cc(-c4ccccn4)n[n-]3)cc2)cc1. The van der Waals surface area contributed by atoms with E-state index in [1.165, 1.54) is 0 Å². The third kappa shape index (κ3) is 4.34. The molecule has 6 heteroatoms. The van der Waals surface area contributed by atoms with Crippen LogP contribution in [0.25, 0.3) is 22.6 Å². The van der Waals surface area contributed by atoms with Crippen molar-refractivity contribution in [2.24, 2.45) is 0 Å². The quantitative estimate of drug-likeness (QED) is 0.294. The van der Waals surface area contributed by atoms with Crippen LogP contribution in [0.5, 0.6) is 11.5 Å². The summed E-state index contributed by atoms with van der Waals surface area (Å²) >= 11 is 0. The van der Waals surface area contributed by atoms with Gasteiger partial charge in [-0.2, -0.15) is 0 Å². The van der Waals surface area contributed by atoms with Gasteiger partial charge in [0.15, 0.2) is 0 Å². The van der Waals surface area contributed by atoms with Crippen LogP contribution < -0.4 is 19.5 Å². The molecule has 0 aliphatic rings. The average Bonchev–Trinajstić information content (AvgIpc) is 3.41. The lowest BCUT2D eigenvalue weighted by Crippen LogP contribution is -2.09. The van der Waals surface area contributed by atoms with Gasteiger partial charge in [-0.15, -0.1) is 5.69 Å². The molecule has 6 nitrogen and oxygen atoms in total. The lowest BCUT2D eigenvalue weighted by Gasteiger charge is -2.26. The molecule has 5 rings (SSSR count). The monoisotopic (exact) mass is 447 g/mol. The smallest absolute Gasteiger partial charge is 0.119 e. The van der Waals surface area contributed by atoms with Gasteiger partial charge in [0, 0.05) is 23.3 Å². The average molecular weight is 448 g/mol. The fraction of sp³-hybridized carbons (Fsp3) is 0.0714. The fourth-order valence-electron chi connectivity index (χ4n) is 3.77. The molecule has 0 saturated carbocycles. The fourth-order valence-corrected chi connectivity index (χ4v) is 3.77. The van der Waals surface area contributed by atoms with Crippen LogP contribution >= 0.6 is 0 Å². The normalized spacial score (nSPS) is 10.6. The number of aromatic nitrogens is 3. The van der Waals surface area contributed by atoms with E-state index < -0.39 is 0 Å². The third-order valence-corrected chi connectivity index (χ3v) is 5.55. The minimum Gasteiger partial charge on any atom is -0.574 e. The Balaban J connectivity index is 1.48. The number of hydrogen-bond donors (Lipinski definition) is 0. The molecule has 2 aromatic heterocycles. The second-order valence-corrected chi connectivity index (χ2v) is 7.61. The highest BCUT2D eigenvalue weighted by atomic mass is 16.5. The number of methoxy groups -OCH3 is 2. The Morgan fingerprint density at radius 3 is 1.71 bits per heavy atom. The molecule has 0 aliphatic carbocycles. The van der Waals surface area contributed by atoms with E-state index in [4.69, 9.17) is 9.47 Å². The molecule has 3 aromatic carbocycles. The van der Waals surface area contributed by atoms with Gasteiger partial charge >= 0.3 is 0 Å². The molecule has 0 bridgehead atoms. The van der Waals surface area contributed by atoms with Gasteiger partial charge in [-0.25, -0.2) is 0 Å². The largest absolute Gasteiger partial charge is 0.574 e. The number of ether oxygens (including phenoxy) is 2.